The van der Waals surface area contributed by atoms with Gasteiger partial charge in [-0.05, 0) is 5.56 Å². The van der Waals surface area contributed by atoms with Gasteiger partial charge in [0.25, 0.3) is 6.43 Å². The molecule has 6 heteroatoms. The fraction of sp³-hybridized carbons (Fsp3) is 0.250. The van der Waals surface area contributed by atoms with Crippen LogP contribution in [0.2, 0.25) is 0 Å². The van der Waals surface area contributed by atoms with Crippen LogP contribution in [0, 0.1) is 11.3 Å². The largest absolute Gasteiger partial charge is 0.320 e. The average molecular weight is 263 g/mol. The van der Waals surface area contributed by atoms with E-state index < -0.39 is 17.7 Å². The molecular formula is C8H5BrF2N2O. The number of alkyl halides is 3. The number of hydrogen-bond acceptors (Lipinski definition) is 2. The Balaban J connectivity index is 3.49. The summed E-state index contributed by atoms with van der Waals surface area (Å²) in [4.78, 5) is 12.9. The molecule has 74 valence electrons. The van der Waals surface area contributed by atoms with Gasteiger partial charge in [0.15, 0.2) is 0 Å². The lowest BCUT2D eigenvalue weighted by molar-refractivity contribution is 0.145. The Morgan fingerprint density at radius 1 is 1.64 bits per heavy atom. The molecule has 1 aromatic heterocycles. The summed E-state index contributed by atoms with van der Waals surface area (Å²) in [5.41, 5.74) is -1.15. The predicted octanol–water partition coefficient (Wildman–Crippen LogP) is 2.08. The number of nitrogens with zero attached hydrogens (tertiary/aromatic N) is 1. The van der Waals surface area contributed by atoms with Crippen molar-refractivity contribution < 1.29 is 8.78 Å². The van der Waals surface area contributed by atoms with Crippen LogP contribution in [-0.2, 0) is 5.33 Å². The fourth-order valence-electron chi connectivity index (χ4n) is 1.04. The molecule has 0 aliphatic heterocycles. The third kappa shape index (κ3) is 1.99. The third-order valence-corrected chi connectivity index (χ3v) is 2.23. The number of pyridine rings is 1. The highest BCUT2D eigenvalue weighted by Crippen LogP contribution is 2.22. The zero-order chi connectivity index (χ0) is 10.7. The highest BCUT2D eigenvalue weighted by molar-refractivity contribution is 9.08. The second-order valence-corrected chi connectivity index (χ2v) is 3.05. The molecule has 0 aromatic carbocycles. The topological polar surface area (TPSA) is 56.6 Å². The minimum Gasteiger partial charge on any atom is -0.320 e. The van der Waals surface area contributed by atoms with E-state index in [0.29, 0.717) is 0 Å². The van der Waals surface area contributed by atoms with Gasteiger partial charge >= 0.3 is 0 Å². The number of aromatic nitrogens is 1. The molecular weight excluding hydrogens is 258 g/mol. The first-order valence-electron chi connectivity index (χ1n) is 3.60. The van der Waals surface area contributed by atoms with Crippen LogP contribution in [0.25, 0.3) is 0 Å². The normalized spacial score (nSPS) is 10.2. The summed E-state index contributed by atoms with van der Waals surface area (Å²) in [7, 11) is 0. The standard InChI is InChI=1S/C8H5BrF2N2O/c9-2-4-1-6(14)13-7(8(10)11)5(4)3-12/h1,8H,2H2,(H,13,14). The third-order valence-electron chi connectivity index (χ3n) is 1.63. The van der Waals surface area contributed by atoms with Crippen LogP contribution < -0.4 is 5.56 Å². The molecule has 0 aliphatic rings. The molecule has 0 amide bonds. The van der Waals surface area contributed by atoms with E-state index in [1.165, 1.54) is 0 Å². The summed E-state index contributed by atoms with van der Waals surface area (Å²) in [5, 5.41) is 8.84. The molecule has 0 atom stereocenters. The summed E-state index contributed by atoms with van der Waals surface area (Å²) < 4.78 is 24.7. The highest BCUT2D eigenvalue weighted by Gasteiger charge is 2.17. The van der Waals surface area contributed by atoms with Crippen LogP contribution in [-0.4, -0.2) is 4.98 Å². The lowest BCUT2D eigenvalue weighted by Crippen LogP contribution is -2.12. The molecule has 0 saturated heterocycles. The molecule has 0 saturated carbocycles. The average Bonchev–Trinajstić information content (AvgIpc) is 2.16. The molecule has 1 N–H and O–H groups in total. The Kier molecular flexibility index (Phi) is 3.36. The van der Waals surface area contributed by atoms with Gasteiger partial charge in [-0.25, -0.2) is 8.78 Å². The summed E-state index contributed by atoms with van der Waals surface area (Å²) in [6, 6.07) is 2.77. The van der Waals surface area contributed by atoms with Gasteiger partial charge in [-0.1, -0.05) is 15.9 Å². The molecule has 1 heterocycles. The number of nitrogens with one attached hydrogen (secondary N) is 1. The second kappa shape index (κ2) is 4.33. The summed E-state index contributed by atoms with van der Waals surface area (Å²) >= 11 is 3.02. The first-order valence-corrected chi connectivity index (χ1v) is 4.72. The van der Waals surface area contributed by atoms with Crippen molar-refractivity contribution in [2.75, 3.05) is 0 Å². The zero-order valence-electron chi connectivity index (χ0n) is 6.85. The number of halogens is 3. The van der Waals surface area contributed by atoms with Crippen molar-refractivity contribution in [3.8, 4) is 6.07 Å². The molecule has 0 spiro atoms. The van der Waals surface area contributed by atoms with E-state index in [0.717, 1.165) is 6.07 Å². The van der Waals surface area contributed by atoms with Crippen LogP contribution in [0.3, 0.4) is 0 Å². The molecule has 0 fully saturated rings. The Morgan fingerprint density at radius 3 is 2.71 bits per heavy atom. The van der Waals surface area contributed by atoms with E-state index in [9.17, 15) is 13.6 Å². The van der Waals surface area contributed by atoms with Crippen molar-refractivity contribution in [1.29, 1.82) is 5.26 Å². The van der Waals surface area contributed by atoms with Crippen LogP contribution in [0.1, 0.15) is 23.2 Å². The fourth-order valence-corrected chi connectivity index (χ4v) is 1.48. The summed E-state index contributed by atoms with van der Waals surface area (Å²) in [6.45, 7) is 0. The second-order valence-electron chi connectivity index (χ2n) is 2.49. The Hall–Kier alpha value is -1.22. The maximum absolute atomic E-state index is 12.4. The molecule has 3 nitrogen and oxygen atoms in total. The maximum atomic E-state index is 12.4. The number of H-pyrrole nitrogens is 1. The van der Waals surface area contributed by atoms with Crippen LogP contribution in [0.15, 0.2) is 10.9 Å². The molecule has 0 aliphatic carbocycles. The summed E-state index contributed by atoms with van der Waals surface area (Å²) in [6.07, 6.45) is -2.85. The number of hydrogen-bond donors (Lipinski definition) is 1. The van der Waals surface area contributed by atoms with Crippen molar-refractivity contribution in [3.63, 3.8) is 0 Å². The van der Waals surface area contributed by atoms with Crippen molar-refractivity contribution in [2.45, 2.75) is 11.8 Å². The van der Waals surface area contributed by atoms with E-state index in [1.54, 1.807) is 6.07 Å². The molecule has 0 bridgehead atoms. The molecule has 14 heavy (non-hydrogen) atoms. The lowest BCUT2D eigenvalue weighted by Gasteiger charge is -2.05. The van der Waals surface area contributed by atoms with Gasteiger partial charge in [0, 0.05) is 11.4 Å². The van der Waals surface area contributed by atoms with Gasteiger partial charge in [-0.3, -0.25) is 4.79 Å². The van der Waals surface area contributed by atoms with Crippen LogP contribution in [0.4, 0.5) is 8.78 Å². The Bertz CT molecular complexity index is 436. The van der Waals surface area contributed by atoms with E-state index >= 15 is 0 Å². The van der Waals surface area contributed by atoms with E-state index in [4.69, 9.17) is 5.26 Å². The zero-order valence-corrected chi connectivity index (χ0v) is 8.44. The van der Waals surface area contributed by atoms with Gasteiger partial charge < -0.3 is 4.98 Å². The van der Waals surface area contributed by atoms with E-state index in [-0.39, 0.29) is 16.5 Å². The smallest absolute Gasteiger partial charge is 0.279 e. The quantitative estimate of drug-likeness (QED) is 0.830. The minimum atomic E-state index is -2.85. The lowest BCUT2D eigenvalue weighted by atomic mass is 10.1. The van der Waals surface area contributed by atoms with Gasteiger partial charge in [-0.2, -0.15) is 5.26 Å². The predicted molar refractivity (Wildman–Crippen MR) is 49.4 cm³/mol. The first-order chi connectivity index (χ1) is 6.60. The van der Waals surface area contributed by atoms with Crippen molar-refractivity contribution in [3.05, 3.63) is 33.2 Å². The Labute approximate surface area is 86.5 Å². The van der Waals surface area contributed by atoms with Crippen molar-refractivity contribution in [2.24, 2.45) is 0 Å². The molecule has 0 unspecified atom stereocenters. The SMILES string of the molecule is N#Cc1c(CBr)cc(=O)[nH]c1C(F)F. The monoisotopic (exact) mass is 262 g/mol. The molecule has 1 aromatic rings. The van der Waals surface area contributed by atoms with Crippen LogP contribution >= 0.6 is 15.9 Å². The van der Waals surface area contributed by atoms with Crippen molar-refractivity contribution >= 4 is 15.9 Å². The summed E-state index contributed by atoms with van der Waals surface area (Å²) in [5.74, 6) is 0. The number of nitriles is 1. The van der Waals surface area contributed by atoms with Gasteiger partial charge in [0.05, 0.1) is 5.56 Å². The van der Waals surface area contributed by atoms with E-state index in [1.807, 2.05) is 4.98 Å². The maximum Gasteiger partial charge on any atom is 0.279 e. The molecule has 0 radical (unpaired) electrons. The minimum absolute atomic E-state index is 0.170. The van der Waals surface area contributed by atoms with Gasteiger partial charge in [0.1, 0.15) is 11.8 Å². The Morgan fingerprint density at radius 2 is 2.29 bits per heavy atom. The van der Waals surface area contributed by atoms with Gasteiger partial charge in [-0.15, -0.1) is 0 Å². The number of aromatic amines is 1. The van der Waals surface area contributed by atoms with Gasteiger partial charge in [0.2, 0.25) is 5.56 Å². The van der Waals surface area contributed by atoms with Crippen molar-refractivity contribution in [1.82, 2.24) is 4.98 Å². The van der Waals surface area contributed by atoms with E-state index in [2.05, 4.69) is 15.9 Å². The first kappa shape index (κ1) is 10.9. The number of rotatable bonds is 2. The molecule has 1 rings (SSSR count). The van der Waals surface area contributed by atoms with Crippen LogP contribution in [0.5, 0.6) is 0 Å². The highest BCUT2D eigenvalue weighted by atomic mass is 79.9.